The highest BCUT2D eigenvalue weighted by molar-refractivity contribution is 9.10. The minimum Gasteiger partial charge on any atom is -0.457 e. The molecule has 0 aliphatic carbocycles. The van der Waals surface area contributed by atoms with Gasteiger partial charge in [0.2, 0.25) is 0 Å². The van der Waals surface area contributed by atoms with Crippen molar-refractivity contribution < 1.29 is 9.53 Å². The summed E-state index contributed by atoms with van der Waals surface area (Å²) in [6.07, 6.45) is 1.51. The number of carbonyl (C=O) groups is 1. The first-order valence-electron chi connectivity index (χ1n) is 10.1. The third-order valence-electron chi connectivity index (χ3n) is 4.71. The van der Waals surface area contributed by atoms with Crippen molar-refractivity contribution in [1.29, 1.82) is 0 Å². The van der Waals surface area contributed by atoms with Gasteiger partial charge in [-0.2, -0.15) is 0 Å². The lowest BCUT2D eigenvalue weighted by Crippen LogP contribution is -2.21. The van der Waals surface area contributed by atoms with Crippen molar-refractivity contribution in [3.8, 4) is 11.3 Å². The Morgan fingerprint density at radius 3 is 2.53 bits per heavy atom. The first-order valence-corrected chi connectivity index (χ1v) is 11.3. The number of nitrogens with two attached hydrogens (primary N) is 1. The van der Waals surface area contributed by atoms with Crippen LogP contribution in [0.1, 0.15) is 15.9 Å². The molecule has 0 bridgehead atoms. The molecule has 0 aliphatic heterocycles. The Hall–Kier alpha value is -3.89. The number of hydrogen-bond donors (Lipinski definition) is 3. The largest absolute Gasteiger partial charge is 0.457 e. The zero-order valence-electron chi connectivity index (χ0n) is 17.7. The number of benzene rings is 2. The summed E-state index contributed by atoms with van der Waals surface area (Å²) < 4.78 is 6.07. The molecular weight excluding hydrogens is 516 g/mol. The number of esters is 1. The summed E-state index contributed by atoms with van der Waals surface area (Å²) in [6, 6.07) is 22.4. The van der Waals surface area contributed by atoms with Crippen molar-refractivity contribution in [3.05, 3.63) is 94.6 Å². The van der Waals surface area contributed by atoms with E-state index in [0.717, 1.165) is 16.8 Å². The Morgan fingerprint density at radius 1 is 1.00 bits per heavy atom. The van der Waals surface area contributed by atoms with Gasteiger partial charge in [0.25, 0.3) is 0 Å². The molecule has 2 heterocycles. The van der Waals surface area contributed by atoms with E-state index in [0.29, 0.717) is 21.1 Å². The zero-order valence-corrected chi connectivity index (χ0v) is 20.1. The van der Waals surface area contributed by atoms with E-state index in [1.54, 1.807) is 12.1 Å². The second kappa shape index (κ2) is 10.8. The Balaban J connectivity index is 1.38. The lowest BCUT2D eigenvalue weighted by atomic mass is 10.1. The van der Waals surface area contributed by atoms with E-state index in [9.17, 15) is 4.79 Å². The Labute approximate surface area is 209 Å². The summed E-state index contributed by atoms with van der Waals surface area (Å²) in [4.78, 5) is 16.4. The number of para-hydroxylation sites is 1. The number of carbonyl (C=O) groups excluding carboxylic acids is 1. The van der Waals surface area contributed by atoms with Gasteiger partial charge in [-0.1, -0.05) is 48.5 Å². The number of halogens is 1. The summed E-state index contributed by atoms with van der Waals surface area (Å²) in [5, 5.41) is 14.9. The molecule has 0 unspecified atom stereocenters. The van der Waals surface area contributed by atoms with Crippen LogP contribution < -0.4 is 16.4 Å². The highest BCUT2D eigenvalue weighted by atomic mass is 79.9. The maximum Gasteiger partial charge on any atom is 0.342 e. The molecule has 4 N–H and O–H groups in total. The molecule has 2 aromatic heterocycles. The fourth-order valence-corrected chi connectivity index (χ4v) is 3.58. The molecule has 10 heteroatoms. The van der Waals surface area contributed by atoms with Crippen molar-refractivity contribution in [1.82, 2.24) is 15.2 Å². The van der Waals surface area contributed by atoms with Crippen LogP contribution >= 0.6 is 28.1 Å². The smallest absolute Gasteiger partial charge is 0.342 e. The molecule has 0 saturated carbocycles. The van der Waals surface area contributed by atoms with Gasteiger partial charge in [0, 0.05) is 27.5 Å². The van der Waals surface area contributed by atoms with Crippen LogP contribution in [0, 0.1) is 0 Å². The fourth-order valence-electron chi connectivity index (χ4n) is 3.03. The number of pyridine rings is 1. The zero-order chi connectivity index (χ0) is 23.9. The van der Waals surface area contributed by atoms with Crippen LogP contribution in [0.4, 0.5) is 17.3 Å². The van der Waals surface area contributed by atoms with Crippen LogP contribution in [0.5, 0.6) is 0 Å². The van der Waals surface area contributed by atoms with Crippen molar-refractivity contribution in [2.45, 2.75) is 6.61 Å². The van der Waals surface area contributed by atoms with Crippen molar-refractivity contribution in [2.75, 3.05) is 16.4 Å². The van der Waals surface area contributed by atoms with Gasteiger partial charge in [-0.05, 0) is 52.4 Å². The molecule has 0 saturated heterocycles. The predicted octanol–water partition coefficient (Wildman–Crippen LogP) is 5.05. The summed E-state index contributed by atoms with van der Waals surface area (Å²) in [5.74, 6) is 0.0266. The quantitative estimate of drug-likeness (QED) is 0.231. The minimum atomic E-state index is -0.574. The number of ether oxygens (including phenoxy) is 1. The van der Waals surface area contributed by atoms with E-state index in [1.165, 1.54) is 6.20 Å². The van der Waals surface area contributed by atoms with Gasteiger partial charge >= 0.3 is 5.97 Å². The molecule has 0 spiro atoms. The van der Waals surface area contributed by atoms with Gasteiger partial charge in [-0.15, -0.1) is 10.2 Å². The van der Waals surface area contributed by atoms with Gasteiger partial charge in [0.05, 0.1) is 5.69 Å². The van der Waals surface area contributed by atoms with Crippen LogP contribution in [0.15, 0.2) is 83.5 Å². The van der Waals surface area contributed by atoms with Crippen LogP contribution in [-0.4, -0.2) is 26.3 Å². The topological polar surface area (TPSA) is 115 Å². The van der Waals surface area contributed by atoms with Gasteiger partial charge in [-0.3, -0.25) is 0 Å². The molecule has 8 nitrogen and oxygen atoms in total. The molecule has 4 rings (SSSR count). The molecule has 0 aliphatic rings. The summed E-state index contributed by atoms with van der Waals surface area (Å²) in [6.45, 7) is 0.0160. The lowest BCUT2D eigenvalue weighted by molar-refractivity contribution is 0.0474. The second-order valence-corrected chi connectivity index (χ2v) is 8.39. The lowest BCUT2D eigenvalue weighted by Gasteiger charge is -2.14. The van der Waals surface area contributed by atoms with E-state index >= 15 is 0 Å². The van der Waals surface area contributed by atoms with Crippen molar-refractivity contribution >= 4 is 56.6 Å². The standard InChI is InChI=1S/C24H19BrN6O2S/c25-17-12-18(22(26)27-13-17)23(32)33-14-16-8-4-5-9-19(16)28-24(34)29-21-11-10-20(30-31-21)15-6-2-1-3-7-15/h1-13H,14H2,(H2,26,27)(H2,28,29,31,34). The molecule has 0 atom stereocenters. The van der Waals surface area contributed by atoms with E-state index < -0.39 is 5.97 Å². The van der Waals surface area contributed by atoms with Crippen LogP contribution in [-0.2, 0) is 11.3 Å². The van der Waals surface area contributed by atoms with E-state index in [-0.39, 0.29) is 18.0 Å². The van der Waals surface area contributed by atoms with E-state index in [4.69, 9.17) is 22.7 Å². The van der Waals surface area contributed by atoms with E-state index in [2.05, 4.69) is 41.7 Å². The second-order valence-electron chi connectivity index (χ2n) is 7.07. The third-order valence-corrected chi connectivity index (χ3v) is 5.34. The number of thiocarbonyl (C=S) groups is 1. The SMILES string of the molecule is Nc1ncc(Br)cc1C(=O)OCc1ccccc1NC(=S)Nc1ccc(-c2ccccc2)nn1. The number of nitrogens with zero attached hydrogens (tertiary/aromatic N) is 3. The molecule has 34 heavy (non-hydrogen) atoms. The molecule has 0 radical (unpaired) electrons. The fraction of sp³-hybridized carbons (Fsp3) is 0.0417. The first kappa shape index (κ1) is 23.3. The van der Waals surface area contributed by atoms with Gasteiger partial charge in [0.15, 0.2) is 10.9 Å². The number of nitrogen functional groups attached to an aromatic ring is 1. The van der Waals surface area contributed by atoms with Gasteiger partial charge in [-0.25, -0.2) is 9.78 Å². The van der Waals surface area contributed by atoms with E-state index in [1.807, 2.05) is 60.7 Å². The Kier molecular flexibility index (Phi) is 7.41. The van der Waals surface area contributed by atoms with Crippen molar-refractivity contribution in [2.24, 2.45) is 0 Å². The van der Waals surface area contributed by atoms with Crippen molar-refractivity contribution in [3.63, 3.8) is 0 Å². The molecule has 0 fully saturated rings. The van der Waals surface area contributed by atoms with Crippen LogP contribution in [0.3, 0.4) is 0 Å². The maximum absolute atomic E-state index is 12.5. The van der Waals surface area contributed by atoms with Crippen LogP contribution in [0.25, 0.3) is 11.3 Å². The number of aromatic nitrogens is 3. The summed E-state index contributed by atoms with van der Waals surface area (Å²) >= 11 is 8.70. The minimum absolute atomic E-state index is 0.0160. The number of anilines is 3. The number of nitrogens with one attached hydrogen (secondary N) is 2. The maximum atomic E-state index is 12.5. The summed E-state index contributed by atoms with van der Waals surface area (Å²) in [5.41, 5.74) is 9.13. The van der Waals surface area contributed by atoms with Gasteiger partial charge < -0.3 is 21.1 Å². The third kappa shape index (κ3) is 5.91. The Bertz CT molecular complexity index is 1320. The highest BCUT2D eigenvalue weighted by Gasteiger charge is 2.14. The summed E-state index contributed by atoms with van der Waals surface area (Å²) in [7, 11) is 0. The normalized spacial score (nSPS) is 10.4. The average Bonchev–Trinajstić information content (AvgIpc) is 2.86. The molecule has 170 valence electrons. The molecule has 2 aromatic carbocycles. The predicted molar refractivity (Wildman–Crippen MR) is 139 cm³/mol. The molecular formula is C24H19BrN6O2S. The first-order chi connectivity index (χ1) is 16.5. The van der Waals surface area contributed by atoms with Gasteiger partial charge in [0.1, 0.15) is 18.0 Å². The number of hydrogen-bond acceptors (Lipinski definition) is 7. The molecule has 0 amide bonds. The average molecular weight is 535 g/mol. The highest BCUT2D eigenvalue weighted by Crippen LogP contribution is 2.21. The molecule has 4 aromatic rings. The number of rotatable bonds is 6. The Morgan fingerprint density at radius 2 is 1.76 bits per heavy atom. The van der Waals surface area contributed by atoms with Crippen LogP contribution in [0.2, 0.25) is 0 Å². The monoisotopic (exact) mass is 534 g/mol.